The van der Waals surface area contributed by atoms with E-state index in [0.29, 0.717) is 26.3 Å². The van der Waals surface area contributed by atoms with E-state index in [9.17, 15) is 12.8 Å². The Morgan fingerprint density at radius 1 is 1.50 bits per heavy atom. The normalized spacial score (nSPS) is 19.7. The number of halogens is 2. The molecule has 1 aromatic carbocycles. The van der Waals surface area contributed by atoms with Gasteiger partial charge in [0.2, 0.25) is 10.0 Å². The molecule has 0 radical (unpaired) electrons. The Morgan fingerprint density at radius 2 is 2.25 bits per heavy atom. The first-order valence-corrected chi connectivity index (χ1v) is 8.71. The number of hydrogen-bond acceptors (Lipinski definition) is 3. The summed E-state index contributed by atoms with van der Waals surface area (Å²) < 4.78 is 45.3. The van der Waals surface area contributed by atoms with Crippen molar-refractivity contribution in [1.82, 2.24) is 4.31 Å². The summed E-state index contributed by atoms with van der Waals surface area (Å²) in [5.41, 5.74) is 0. The Hall–Kier alpha value is -0.500. The van der Waals surface area contributed by atoms with Crippen LogP contribution in [0.4, 0.5) is 4.39 Å². The molecule has 1 atom stereocenters. The van der Waals surface area contributed by atoms with Gasteiger partial charge in [-0.3, -0.25) is 0 Å². The van der Waals surface area contributed by atoms with Gasteiger partial charge in [-0.25, -0.2) is 12.8 Å². The zero-order valence-corrected chi connectivity index (χ0v) is 13.6. The summed E-state index contributed by atoms with van der Waals surface area (Å²) in [6.45, 7) is 3.88. The molecule has 7 heteroatoms. The van der Waals surface area contributed by atoms with Gasteiger partial charge in [-0.1, -0.05) is 6.92 Å². The second-order valence-electron chi connectivity index (χ2n) is 4.76. The number of sulfonamides is 1. The topological polar surface area (TPSA) is 46.6 Å². The van der Waals surface area contributed by atoms with Crippen LogP contribution in [-0.4, -0.2) is 39.0 Å². The van der Waals surface area contributed by atoms with Gasteiger partial charge in [0, 0.05) is 24.2 Å². The Kier molecular flexibility index (Phi) is 5.17. The Balaban J connectivity index is 2.26. The summed E-state index contributed by atoms with van der Waals surface area (Å²) in [4.78, 5) is 0.0969. The highest BCUT2D eigenvalue weighted by atomic mass is 79.9. The standard InChI is InChI=1S/C13H17BrFNO3S/c1-2-16(8-10-5-6-19-9-10)20(17,18)13-4-3-11(15)7-12(13)14/h3-4,7,10H,2,5-6,8-9H2,1H3. The van der Waals surface area contributed by atoms with E-state index >= 15 is 0 Å². The molecule has 1 fully saturated rings. The first-order valence-electron chi connectivity index (χ1n) is 6.48. The molecule has 0 bridgehead atoms. The largest absolute Gasteiger partial charge is 0.381 e. The monoisotopic (exact) mass is 365 g/mol. The molecule has 1 saturated heterocycles. The maximum absolute atomic E-state index is 13.1. The predicted molar refractivity (Wildman–Crippen MR) is 77.5 cm³/mol. The average Bonchev–Trinajstić information content (AvgIpc) is 2.88. The highest BCUT2D eigenvalue weighted by molar-refractivity contribution is 9.10. The second kappa shape index (κ2) is 6.51. The van der Waals surface area contributed by atoms with Crippen molar-refractivity contribution in [2.75, 3.05) is 26.3 Å². The molecule has 0 aliphatic carbocycles. The first-order chi connectivity index (χ1) is 9.45. The van der Waals surface area contributed by atoms with E-state index in [4.69, 9.17) is 4.74 Å². The predicted octanol–water partition coefficient (Wildman–Crippen LogP) is 2.64. The van der Waals surface area contributed by atoms with Gasteiger partial charge in [0.05, 0.1) is 11.5 Å². The van der Waals surface area contributed by atoms with E-state index in [1.165, 1.54) is 16.4 Å². The third-order valence-corrected chi connectivity index (χ3v) is 6.27. The number of ether oxygens (including phenoxy) is 1. The van der Waals surface area contributed by atoms with Crippen LogP contribution < -0.4 is 0 Å². The molecular weight excluding hydrogens is 349 g/mol. The van der Waals surface area contributed by atoms with Crippen LogP contribution in [0.25, 0.3) is 0 Å². The molecule has 1 aromatic rings. The zero-order chi connectivity index (χ0) is 14.8. The Morgan fingerprint density at radius 3 is 2.80 bits per heavy atom. The minimum Gasteiger partial charge on any atom is -0.381 e. The van der Waals surface area contributed by atoms with Crippen molar-refractivity contribution in [3.8, 4) is 0 Å². The molecule has 0 spiro atoms. The van der Waals surface area contributed by atoms with E-state index in [2.05, 4.69) is 15.9 Å². The van der Waals surface area contributed by atoms with Crippen LogP contribution in [0.15, 0.2) is 27.6 Å². The van der Waals surface area contributed by atoms with Crippen molar-refractivity contribution in [3.05, 3.63) is 28.5 Å². The SMILES string of the molecule is CCN(CC1CCOC1)S(=O)(=O)c1ccc(F)cc1Br. The second-order valence-corrected chi connectivity index (χ2v) is 7.52. The lowest BCUT2D eigenvalue weighted by Gasteiger charge is -2.23. The van der Waals surface area contributed by atoms with Crippen molar-refractivity contribution < 1.29 is 17.5 Å². The van der Waals surface area contributed by atoms with Crippen LogP contribution in [0.1, 0.15) is 13.3 Å². The molecule has 1 aliphatic rings. The molecule has 0 N–H and O–H groups in total. The highest BCUT2D eigenvalue weighted by Gasteiger charge is 2.29. The summed E-state index contributed by atoms with van der Waals surface area (Å²) in [7, 11) is -3.62. The summed E-state index contributed by atoms with van der Waals surface area (Å²) in [5, 5.41) is 0. The van der Waals surface area contributed by atoms with E-state index in [1.807, 2.05) is 0 Å². The third-order valence-electron chi connectivity index (χ3n) is 3.35. The van der Waals surface area contributed by atoms with Gasteiger partial charge in [-0.2, -0.15) is 4.31 Å². The Labute approximate surface area is 127 Å². The molecule has 1 aliphatic heterocycles. The van der Waals surface area contributed by atoms with Crippen molar-refractivity contribution in [2.24, 2.45) is 5.92 Å². The molecule has 112 valence electrons. The smallest absolute Gasteiger partial charge is 0.244 e. The van der Waals surface area contributed by atoms with Crippen molar-refractivity contribution in [3.63, 3.8) is 0 Å². The van der Waals surface area contributed by atoms with Gasteiger partial charge in [0.15, 0.2) is 0 Å². The fourth-order valence-corrected chi connectivity index (χ4v) is 4.77. The number of benzene rings is 1. The van der Waals surface area contributed by atoms with Crippen LogP contribution >= 0.6 is 15.9 Å². The number of hydrogen-bond donors (Lipinski definition) is 0. The first kappa shape index (κ1) is 15.9. The number of nitrogens with zero attached hydrogens (tertiary/aromatic N) is 1. The maximum atomic E-state index is 13.1. The average molecular weight is 366 g/mol. The van der Waals surface area contributed by atoms with Crippen molar-refractivity contribution >= 4 is 26.0 Å². The van der Waals surface area contributed by atoms with Crippen LogP contribution in [0.5, 0.6) is 0 Å². The van der Waals surface area contributed by atoms with Gasteiger partial charge >= 0.3 is 0 Å². The lowest BCUT2D eigenvalue weighted by molar-refractivity contribution is 0.181. The van der Waals surface area contributed by atoms with Crippen molar-refractivity contribution in [2.45, 2.75) is 18.2 Å². The molecular formula is C13H17BrFNO3S. The summed E-state index contributed by atoms with van der Waals surface area (Å²) >= 11 is 3.12. The van der Waals surface area contributed by atoms with Gasteiger partial charge in [0.1, 0.15) is 5.82 Å². The maximum Gasteiger partial charge on any atom is 0.244 e. The van der Waals surface area contributed by atoms with Crippen molar-refractivity contribution in [1.29, 1.82) is 0 Å². The van der Waals surface area contributed by atoms with Crippen LogP contribution in [0, 0.1) is 11.7 Å². The van der Waals surface area contributed by atoms with E-state index in [1.54, 1.807) is 6.92 Å². The summed E-state index contributed by atoms with van der Waals surface area (Å²) in [5.74, 6) is -0.244. The molecule has 2 rings (SSSR count). The Bertz CT molecular complexity index is 573. The highest BCUT2D eigenvalue weighted by Crippen LogP contribution is 2.27. The lowest BCUT2D eigenvalue weighted by atomic mass is 10.1. The molecule has 20 heavy (non-hydrogen) atoms. The number of rotatable bonds is 5. The van der Waals surface area contributed by atoms with Gasteiger partial charge in [-0.05, 0) is 46.5 Å². The molecule has 0 amide bonds. The van der Waals surface area contributed by atoms with Gasteiger partial charge in [-0.15, -0.1) is 0 Å². The van der Waals surface area contributed by atoms with E-state index < -0.39 is 15.8 Å². The molecule has 0 saturated carbocycles. The van der Waals surface area contributed by atoms with Crippen LogP contribution in [-0.2, 0) is 14.8 Å². The van der Waals surface area contributed by atoms with Crippen LogP contribution in [0.2, 0.25) is 0 Å². The summed E-state index contributed by atoms with van der Waals surface area (Å²) in [6.07, 6.45) is 0.872. The molecule has 0 aromatic heterocycles. The quantitative estimate of drug-likeness (QED) is 0.805. The summed E-state index contributed by atoms with van der Waals surface area (Å²) in [6, 6.07) is 3.62. The molecule has 4 nitrogen and oxygen atoms in total. The van der Waals surface area contributed by atoms with E-state index in [-0.39, 0.29) is 15.3 Å². The minimum absolute atomic E-state index is 0.0969. The van der Waals surface area contributed by atoms with E-state index in [0.717, 1.165) is 12.5 Å². The molecule has 1 unspecified atom stereocenters. The fourth-order valence-electron chi connectivity index (χ4n) is 2.24. The van der Waals surface area contributed by atoms with Gasteiger partial charge < -0.3 is 4.74 Å². The fraction of sp³-hybridized carbons (Fsp3) is 0.538. The van der Waals surface area contributed by atoms with Crippen LogP contribution in [0.3, 0.4) is 0 Å². The third kappa shape index (κ3) is 3.39. The molecule has 1 heterocycles. The zero-order valence-electron chi connectivity index (χ0n) is 11.2. The minimum atomic E-state index is -3.62. The van der Waals surface area contributed by atoms with Gasteiger partial charge in [0.25, 0.3) is 0 Å². The lowest BCUT2D eigenvalue weighted by Crippen LogP contribution is -2.35.